The number of hydrogen-bond acceptors (Lipinski definition) is 2. The van der Waals surface area contributed by atoms with Crippen LogP contribution >= 0.6 is 0 Å². The van der Waals surface area contributed by atoms with Gasteiger partial charge in [0.2, 0.25) is 0 Å². The van der Waals surface area contributed by atoms with Gasteiger partial charge in [0.1, 0.15) is 6.29 Å². The molecule has 0 aliphatic heterocycles. The summed E-state index contributed by atoms with van der Waals surface area (Å²) < 4.78 is 22.8. The Labute approximate surface area is 99.0 Å². The van der Waals surface area contributed by atoms with E-state index in [1.165, 1.54) is 0 Å². The van der Waals surface area contributed by atoms with Crippen LogP contribution in [0.2, 0.25) is 0 Å². The Morgan fingerprint density at radius 2 is 1.75 bits per heavy atom. The van der Waals surface area contributed by atoms with E-state index < -0.39 is 11.4 Å². The average Bonchev–Trinajstić information content (AvgIpc) is 1.87. The van der Waals surface area contributed by atoms with Crippen molar-refractivity contribution < 1.29 is 49.1 Å². The first-order valence-electron chi connectivity index (χ1n) is 3.12. The van der Waals surface area contributed by atoms with Crippen molar-refractivity contribution in [2.24, 2.45) is 5.41 Å². The Bertz CT molecular complexity index is 139. The Hall–Kier alpha value is 0.740. The summed E-state index contributed by atoms with van der Waals surface area (Å²) in [6, 6.07) is 0. The molecule has 0 radical (unpaired) electrons. The van der Waals surface area contributed by atoms with Gasteiger partial charge >= 0.3 is 29.6 Å². The number of rotatable bonds is 2. The van der Waals surface area contributed by atoms with Crippen molar-refractivity contribution >= 4 is 17.6 Å². The summed E-state index contributed by atoms with van der Waals surface area (Å²) in [7, 11) is 0. The van der Waals surface area contributed by atoms with Crippen LogP contribution in [0.1, 0.15) is 28.6 Å². The maximum atomic E-state index is 10.1. The second kappa shape index (κ2) is 9.83. The van der Waals surface area contributed by atoms with E-state index in [1.54, 1.807) is 0 Å². The van der Waals surface area contributed by atoms with Gasteiger partial charge in [0.25, 0.3) is 11.4 Å². The van der Waals surface area contributed by atoms with Gasteiger partial charge in [0.15, 0.2) is 0 Å². The van der Waals surface area contributed by atoms with Gasteiger partial charge in [-0.1, -0.05) is 20.8 Å². The maximum Gasteiger partial charge on any atom is 1.00 e. The third-order valence-electron chi connectivity index (χ3n) is 1.23. The number of hydrogen-bond donors (Lipinski definition) is 2. The summed E-state index contributed by atoms with van der Waals surface area (Å²) in [5.74, 6) is 0. The Kier molecular flexibility index (Phi) is 15.2. The molecule has 0 aromatic rings. The predicted molar refractivity (Wildman–Crippen MR) is 44.6 cm³/mol. The molecule has 0 bridgehead atoms. The van der Waals surface area contributed by atoms with E-state index in [9.17, 15) is 4.79 Å². The standard InChI is InChI=1S/C6H12O.Na.H2O3S.H/c1-4-6(2,3)5-7;;1-4(2)3;/h5H,4H2,1-3H3;;(H2,1,2,3);/q;+1;;-1. The fourth-order valence-electron chi connectivity index (χ4n) is 0.0833. The summed E-state index contributed by atoms with van der Waals surface area (Å²) in [6.45, 7) is 5.87. The summed E-state index contributed by atoms with van der Waals surface area (Å²) in [4.78, 5) is 10.1. The van der Waals surface area contributed by atoms with Crippen molar-refractivity contribution in [2.45, 2.75) is 27.2 Å². The minimum atomic E-state index is -2.61. The van der Waals surface area contributed by atoms with E-state index in [0.717, 1.165) is 12.7 Å². The van der Waals surface area contributed by atoms with Crippen LogP contribution in [0, 0.1) is 5.41 Å². The van der Waals surface area contributed by atoms with E-state index in [1.807, 2.05) is 20.8 Å². The van der Waals surface area contributed by atoms with Crippen LogP contribution in [0.15, 0.2) is 0 Å². The molecule has 0 heterocycles. The Balaban J connectivity index is -0.0000000600. The molecule has 6 heteroatoms. The Morgan fingerprint density at radius 1 is 1.50 bits per heavy atom. The molecule has 0 unspecified atom stereocenters. The largest absolute Gasteiger partial charge is 1.00 e. The van der Waals surface area contributed by atoms with Gasteiger partial charge in [-0.2, -0.15) is 4.21 Å². The van der Waals surface area contributed by atoms with Gasteiger partial charge in [0.05, 0.1) is 0 Å². The van der Waals surface area contributed by atoms with Gasteiger partial charge < -0.3 is 6.22 Å². The van der Waals surface area contributed by atoms with Gasteiger partial charge in [-0.3, -0.25) is 9.11 Å². The SMILES string of the molecule is CCC(C)(C)C=O.O=S(O)O.[H-].[Na+]. The third kappa shape index (κ3) is 22.4. The predicted octanol–water partition coefficient (Wildman–Crippen LogP) is -1.58. The molecule has 0 rings (SSSR count). The first kappa shape index (κ1) is 18.5. The summed E-state index contributed by atoms with van der Waals surface area (Å²) >= 11 is -2.61. The Morgan fingerprint density at radius 3 is 1.75 bits per heavy atom. The van der Waals surface area contributed by atoms with E-state index in [2.05, 4.69) is 0 Å². The quantitative estimate of drug-likeness (QED) is 0.325. The molecule has 70 valence electrons. The topological polar surface area (TPSA) is 74.6 Å². The van der Waals surface area contributed by atoms with Crippen LogP contribution in [0.25, 0.3) is 0 Å². The zero-order chi connectivity index (χ0) is 9.49. The molecule has 0 aromatic carbocycles. The van der Waals surface area contributed by atoms with E-state index in [-0.39, 0.29) is 36.4 Å². The summed E-state index contributed by atoms with van der Waals surface area (Å²) in [5, 5.41) is 0. The molecule has 0 fully saturated rings. The molecule has 0 aromatic heterocycles. The minimum Gasteiger partial charge on any atom is -1.00 e. The first-order chi connectivity index (χ1) is 4.85. The van der Waals surface area contributed by atoms with Crippen molar-refractivity contribution in [3.8, 4) is 0 Å². The zero-order valence-corrected chi connectivity index (χ0v) is 10.7. The smallest absolute Gasteiger partial charge is 1.00 e. The first-order valence-corrected chi connectivity index (χ1v) is 4.18. The second-order valence-corrected chi connectivity index (χ2v) is 3.15. The van der Waals surface area contributed by atoms with Crippen LogP contribution in [0.4, 0.5) is 0 Å². The third-order valence-corrected chi connectivity index (χ3v) is 1.23. The van der Waals surface area contributed by atoms with Crippen LogP contribution in [0.3, 0.4) is 0 Å². The van der Waals surface area contributed by atoms with Crippen molar-refractivity contribution in [1.29, 1.82) is 0 Å². The molecular weight excluding hydrogens is 191 g/mol. The van der Waals surface area contributed by atoms with Gasteiger partial charge in [0, 0.05) is 5.41 Å². The van der Waals surface area contributed by atoms with Crippen LogP contribution in [0.5, 0.6) is 0 Å². The van der Waals surface area contributed by atoms with Crippen molar-refractivity contribution in [2.75, 3.05) is 0 Å². The van der Waals surface area contributed by atoms with Crippen LogP contribution < -0.4 is 29.6 Å². The number of aldehydes is 1. The number of carbonyl (C=O) groups excluding carboxylic acids is 1. The summed E-state index contributed by atoms with van der Waals surface area (Å²) in [6.07, 6.45) is 1.92. The molecular formula is C6H15NaO4S. The maximum absolute atomic E-state index is 10.1. The van der Waals surface area contributed by atoms with Crippen molar-refractivity contribution in [3.63, 3.8) is 0 Å². The van der Waals surface area contributed by atoms with Crippen LogP contribution in [-0.2, 0) is 16.2 Å². The molecule has 0 spiro atoms. The normalized spacial score (nSPS) is 9.50. The van der Waals surface area contributed by atoms with Crippen molar-refractivity contribution in [1.82, 2.24) is 0 Å². The molecule has 0 atom stereocenters. The van der Waals surface area contributed by atoms with E-state index in [4.69, 9.17) is 13.3 Å². The molecule has 0 aliphatic rings. The molecule has 4 nitrogen and oxygen atoms in total. The molecule has 2 N–H and O–H groups in total. The van der Waals surface area contributed by atoms with E-state index >= 15 is 0 Å². The van der Waals surface area contributed by atoms with E-state index in [0.29, 0.717) is 0 Å². The summed E-state index contributed by atoms with van der Waals surface area (Å²) in [5.41, 5.74) is -0.0972. The van der Waals surface area contributed by atoms with Gasteiger partial charge in [-0.25, -0.2) is 0 Å². The molecule has 0 amide bonds. The fourth-order valence-corrected chi connectivity index (χ4v) is 0.0833. The monoisotopic (exact) mass is 206 g/mol. The number of carbonyl (C=O) groups is 1. The molecule has 0 saturated heterocycles. The molecule has 0 saturated carbocycles. The molecule has 0 aliphatic carbocycles. The van der Waals surface area contributed by atoms with Crippen molar-refractivity contribution in [3.05, 3.63) is 0 Å². The zero-order valence-electron chi connectivity index (χ0n) is 8.90. The fraction of sp³-hybridized carbons (Fsp3) is 0.833. The average molecular weight is 206 g/mol. The van der Waals surface area contributed by atoms with Crippen LogP contribution in [-0.4, -0.2) is 19.6 Å². The van der Waals surface area contributed by atoms with Gasteiger partial charge in [-0.05, 0) is 6.42 Å². The van der Waals surface area contributed by atoms with Gasteiger partial charge in [-0.15, -0.1) is 0 Å². The molecule has 12 heavy (non-hydrogen) atoms. The second-order valence-electron chi connectivity index (χ2n) is 2.69. The minimum absolute atomic E-state index is 0.